The van der Waals surface area contributed by atoms with Crippen molar-refractivity contribution in [2.75, 3.05) is 0 Å². The van der Waals surface area contributed by atoms with E-state index < -0.39 is 0 Å². The van der Waals surface area contributed by atoms with Crippen LogP contribution in [0.3, 0.4) is 0 Å². The molecule has 0 saturated carbocycles. The lowest BCUT2D eigenvalue weighted by molar-refractivity contribution is 1.53. The molecule has 0 aliphatic heterocycles. The Morgan fingerprint density at radius 3 is 1.31 bits per heavy atom. The van der Waals surface area contributed by atoms with Crippen LogP contribution in [-0.2, 0) is 0 Å². The Kier molecular flexibility index (Phi) is 3.61. The third-order valence-corrected chi connectivity index (χ3v) is 2.03. The van der Waals surface area contributed by atoms with E-state index >= 15 is 0 Å². The molecule has 2 aromatic rings. The summed E-state index contributed by atoms with van der Waals surface area (Å²) in [6.45, 7) is 0. The summed E-state index contributed by atoms with van der Waals surface area (Å²) in [6, 6.07) is 19.6. The number of hydrogen-bond donors (Lipinski definition) is 0. The SMILES string of the molecule is C(C=Nc1ccccc1)=Nc1ccccc1. The molecule has 0 aromatic heterocycles. The Morgan fingerprint density at radius 1 is 0.562 bits per heavy atom. The van der Waals surface area contributed by atoms with Gasteiger partial charge in [-0.3, -0.25) is 9.98 Å². The van der Waals surface area contributed by atoms with Gasteiger partial charge >= 0.3 is 0 Å². The fraction of sp³-hybridized carbons (Fsp3) is 0. The lowest BCUT2D eigenvalue weighted by atomic mass is 10.3. The Hall–Kier alpha value is -2.22. The van der Waals surface area contributed by atoms with Gasteiger partial charge in [-0.05, 0) is 24.3 Å². The molecule has 0 saturated heterocycles. The lowest BCUT2D eigenvalue weighted by Gasteiger charge is -1.90. The minimum Gasteiger partial charge on any atom is -0.255 e. The highest BCUT2D eigenvalue weighted by Gasteiger charge is 1.82. The zero-order chi connectivity index (χ0) is 11.1. The van der Waals surface area contributed by atoms with Crippen molar-refractivity contribution in [3.05, 3.63) is 60.7 Å². The number of nitrogens with zero attached hydrogens (tertiary/aromatic N) is 2. The van der Waals surface area contributed by atoms with Crippen molar-refractivity contribution >= 4 is 23.8 Å². The van der Waals surface area contributed by atoms with E-state index in [1.807, 2.05) is 60.7 Å². The smallest absolute Gasteiger partial charge is 0.0630 e. The first-order chi connectivity index (χ1) is 7.95. The summed E-state index contributed by atoms with van der Waals surface area (Å²) in [7, 11) is 0. The second-order valence-corrected chi connectivity index (χ2v) is 3.23. The summed E-state index contributed by atoms with van der Waals surface area (Å²) in [4.78, 5) is 8.49. The van der Waals surface area contributed by atoms with Crippen LogP contribution >= 0.6 is 0 Å². The van der Waals surface area contributed by atoms with Crippen molar-refractivity contribution in [3.8, 4) is 0 Å². The maximum atomic E-state index is 4.25. The van der Waals surface area contributed by atoms with E-state index in [1.165, 1.54) is 0 Å². The molecular weight excluding hydrogens is 196 g/mol. The third-order valence-electron chi connectivity index (χ3n) is 2.03. The van der Waals surface area contributed by atoms with Gasteiger partial charge in [0.2, 0.25) is 0 Å². The number of aliphatic imine (C=N–C) groups is 2. The fourth-order valence-electron chi connectivity index (χ4n) is 1.27. The van der Waals surface area contributed by atoms with E-state index in [4.69, 9.17) is 0 Å². The van der Waals surface area contributed by atoms with Gasteiger partial charge in [-0.25, -0.2) is 0 Å². The van der Waals surface area contributed by atoms with Gasteiger partial charge in [0.25, 0.3) is 0 Å². The third kappa shape index (κ3) is 3.17. The number of hydrogen-bond acceptors (Lipinski definition) is 2. The minimum atomic E-state index is 0.932. The van der Waals surface area contributed by atoms with Gasteiger partial charge in [-0.1, -0.05) is 36.4 Å². The summed E-state index contributed by atoms with van der Waals surface area (Å²) in [6.07, 6.45) is 3.39. The first-order valence-corrected chi connectivity index (χ1v) is 5.12. The van der Waals surface area contributed by atoms with Gasteiger partial charge in [0, 0.05) is 12.4 Å². The van der Waals surface area contributed by atoms with Gasteiger partial charge in [-0.15, -0.1) is 0 Å². The highest BCUT2D eigenvalue weighted by molar-refractivity contribution is 6.17. The average molecular weight is 208 g/mol. The van der Waals surface area contributed by atoms with Crippen molar-refractivity contribution in [2.24, 2.45) is 9.98 Å². The van der Waals surface area contributed by atoms with Crippen LogP contribution in [0.25, 0.3) is 0 Å². The molecule has 2 heteroatoms. The zero-order valence-electron chi connectivity index (χ0n) is 8.82. The van der Waals surface area contributed by atoms with Crippen LogP contribution in [-0.4, -0.2) is 12.4 Å². The van der Waals surface area contributed by atoms with E-state index in [-0.39, 0.29) is 0 Å². The maximum Gasteiger partial charge on any atom is 0.0630 e. The molecule has 0 amide bonds. The van der Waals surface area contributed by atoms with E-state index in [9.17, 15) is 0 Å². The Balaban J connectivity index is 1.98. The molecule has 0 aliphatic rings. The molecule has 0 heterocycles. The largest absolute Gasteiger partial charge is 0.255 e. The Morgan fingerprint density at radius 2 is 0.938 bits per heavy atom. The summed E-state index contributed by atoms with van der Waals surface area (Å²) in [5, 5.41) is 0. The van der Waals surface area contributed by atoms with Crippen LogP contribution in [0.5, 0.6) is 0 Å². The predicted octanol–water partition coefficient (Wildman–Crippen LogP) is 3.79. The quantitative estimate of drug-likeness (QED) is 0.685. The van der Waals surface area contributed by atoms with Gasteiger partial charge < -0.3 is 0 Å². The fourth-order valence-corrected chi connectivity index (χ4v) is 1.27. The molecule has 0 unspecified atom stereocenters. The van der Waals surface area contributed by atoms with Crippen LogP contribution in [0, 0.1) is 0 Å². The molecule has 2 aromatic carbocycles. The monoisotopic (exact) mass is 208 g/mol. The average Bonchev–Trinajstić information content (AvgIpc) is 2.37. The van der Waals surface area contributed by atoms with Crippen molar-refractivity contribution in [2.45, 2.75) is 0 Å². The molecule has 2 nitrogen and oxygen atoms in total. The molecule has 0 bridgehead atoms. The number of rotatable bonds is 3. The Bertz CT molecular complexity index is 425. The van der Waals surface area contributed by atoms with Crippen molar-refractivity contribution in [3.63, 3.8) is 0 Å². The molecule has 16 heavy (non-hydrogen) atoms. The van der Waals surface area contributed by atoms with E-state index in [1.54, 1.807) is 12.4 Å². The molecule has 0 N–H and O–H groups in total. The molecule has 2 rings (SSSR count). The second kappa shape index (κ2) is 5.61. The topological polar surface area (TPSA) is 24.7 Å². The Labute approximate surface area is 95.0 Å². The first-order valence-electron chi connectivity index (χ1n) is 5.12. The molecule has 0 atom stereocenters. The van der Waals surface area contributed by atoms with E-state index in [0.29, 0.717) is 0 Å². The van der Waals surface area contributed by atoms with Crippen molar-refractivity contribution in [1.29, 1.82) is 0 Å². The van der Waals surface area contributed by atoms with Crippen LogP contribution in [0.1, 0.15) is 0 Å². The number of benzene rings is 2. The van der Waals surface area contributed by atoms with Crippen LogP contribution in [0.4, 0.5) is 11.4 Å². The van der Waals surface area contributed by atoms with Crippen molar-refractivity contribution < 1.29 is 0 Å². The molecule has 78 valence electrons. The van der Waals surface area contributed by atoms with Crippen molar-refractivity contribution in [1.82, 2.24) is 0 Å². The molecule has 0 fully saturated rings. The highest BCUT2D eigenvalue weighted by atomic mass is 14.8. The zero-order valence-corrected chi connectivity index (χ0v) is 8.82. The van der Waals surface area contributed by atoms with E-state index in [2.05, 4.69) is 9.98 Å². The first kappa shape index (κ1) is 10.3. The van der Waals surface area contributed by atoms with E-state index in [0.717, 1.165) is 11.4 Å². The normalized spacial score (nSPS) is 11.2. The number of para-hydroxylation sites is 2. The standard InChI is InChI=1S/C14H12N2/c1-3-7-13(8-4-1)15-11-12-16-14-9-5-2-6-10-14/h1-12H. The molecule has 0 aliphatic carbocycles. The molecule has 0 radical (unpaired) electrons. The molecular formula is C14H12N2. The van der Waals surface area contributed by atoms with Gasteiger partial charge in [0.05, 0.1) is 11.4 Å². The van der Waals surface area contributed by atoms with Gasteiger partial charge in [0.15, 0.2) is 0 Å². The summed E-state index contributed by atoms with van der Waals surface area (Å²) >= 11 is 0. The molecule has 0 spiro atoms. The van der Waals surface area contributed by atoms with Gasteiger partial charge in [-0.2, -0.15) is 0 Å². The summed E-state index contributed by atoms with van der Waals surface area (Å²) in [5.41, 5.74) is 1.86. The highest BCUT2D eigenvalue weighted by Crippen LogP contribution is 2.09. The van der Waals surface area contributed by atoms with Crippen LogP contribution < -0.4 is 0 Å². The predicted molar refractivity (Wildman–Crippen MR) is 69.2 cm³/mol. The van der Waals surface area contributed by atoms with Crippen LogP contribution in [0.2, 0.25) is 0 Å². The summed E-state index contributed by atoms with van der Waals surface area (Å²) in [5.74, 6) is 0. The van der Waals surface area contributed by atoms with Gasteiger partial charge in [0.1, 0.15) is 0 Å². The van der Waals surface area contributed by atoms with Crippen LogP contribution in [0.15, 0.2) is 70.6 Å². The lowest BCUT2D eigenvalue weighted by Crippen LogP contribution is -1.74. The maximum absolute atomic E-state index is 4.25. The minimum absolute atomic E-state index is 0.932. The summed E-state index contributed by atoms with van der Waals surface area (Å²) < 4.78 is 0. The second-order valence-electron chi connectivity index (χ2n) is 3.23.